The number of hydrogen-bond acceptors (Lipinski definition) is 4. The zero-order chi connectivity index (χ0) is 13.1. The van der Waals surface area contributed by atoms with Crippen LogP contribution >= 0.6 is 0 Å². The molecule has 0 fully saturated rings. The molecule has 1 aromatic rings. The molecule has 0 heterocycles. The third-order valence-electron chi connectivity index (χ3n) is 2.33. The monoisotopic (exact) mass is 240 g/mol. The first-order valence-electron chi connectivity index (χ1n) is 4.72. The lowest BCUT2D eigenvalue weighted by atomic mass is 9.92. The number of fused-ring (bicyclic) bond motifs is 1. The fourth-order valence-electron chi connectivity index (χ4n) is 1.58. The summed E-state index contributed by atoms with van der Waals surface area (Å²) < 4.78 is 0. The number of carbonyl (C=O) groups excluding carboxylic acids is 2. The van der Waals surface area contributed by atoms with E-state index in [9.17, 15) is 9.59 Å². The van der Waals surface area contributed by atoms with Gasteiger partial charge in [-0.3, -0.25) is 9.59 Å². The van der Waals surface area contributed by atoms with Crippen molar-refractivity contribution in [1.82, 2.24) is 0 Å². The highest BCUT2D eigenvalue weighted by atomic mass is 16.1. The SMILES string of the molecule is [N-]=[N+]=NC1=CC(=O)c2cc(N=[N+]=[N-])ccc2C1=O. The van der Waals surface area contributed by atoms with Crippen molar-refractivity contribution in [2.45, 2.75) is 0 Å². The van der Waals surface area contributed by atoms with Crippen molar-refractivity contribution in [3.63, 3.8) is 0 Å². The second-order valence-corrected chi connectivity index (χ2v) is 3.33. The third-order valence-corrected chi connectivity index (χ3v) is 2.33. The van der Waals surface area contributed by atoms with Crippen LogP contribution in [0.5, 0.6) is 0 Å². The fourth-order valence-corrected chi connectivity index (χ4v) is 1.58. The van der Waals surface area contributed by atoms with Crippen LogP contribution in [0.15, 0.2) is 40.2 Å². The van der Waals surface area contributed by atoms with Crippen molar-refractivity contribution in [3.05, 3.63) is 62.0 Å². The molecule has 0 radical (unpaired) electrons. The van der Waals surface area contributed by atoms with E-state index in [1.165, 1.54) is 18.2 Å². The quantitative estimate of drug-likeness (QED) is 0.446. The molecule has 0 N–H and O–H groups in total. The molecular formula is C10H4N6O2. The summed E-state index contributed by atoms with van der Waals surface area (Å²) in [6.45, 7) is 0. The van der Waals surface area contributed by atoms with E-state index < -0.39 is 11.6 Å². The van der Waals surface area contributed by atoms with E-state index >= 15 is 0 Å². The second kappa shape index (κ2) is 4.42. The van der Waals surface area contributed by atoms with Gasteiger partial charge in [0.2, 0.25) is 0 Å². The smallest absolute Gasteiger partial charge is 0.196 e. The van der Waals surface area contributed by atoms with Crippen LogP contribution in [0.25, 0.3) is 20.9 Å². The number of hydrogen-bond donors (Lipinski definition) is 0. The fraction of sp³-hybridized carbons (Fsp3) is 0. The van der Waals surface area contributed by atoms with E-state index in [0.29, 0.717) is 0 Å². The normalized spacial score (nSPS) is 13.0. The Hall–Kier alpha value is -3.08. The lowest BCUT2D eigenvalue weighted by molar-refractivity contribution is 0.0983. The maximum atomic E-state index is 11.8. The predicted octanol–water partition coefficient (Wildman–Crippen LogP) is 3.20. The number of nitrogens with zero attached hydrogens (tertiary/aromatic N) is 6. The second-order valence-electron chi connectivity index (χ2n) is 3.33. The van der Waals surface area contributed by atoms with Crippen molar-refractivity contribution in [3.8, 4) is 0 Å². The summed E-state index contributed by atoms with van der Waals surface area (Å²) in [6, 6.07) is 4.08. The topological polar surface area (TPSA) is 132 Å². The van der Waals surface area contributed by atoms with E-state index in [0.717, 1.165) is 6.08 Å². The van der Waals surface area contributed by atoms with Crippen LogP contribution < -0.4 is 0 Å². The van der Waals surface area contributed by atoms with Gasteiger partial charge < -0.3 is 0 Å². The number of azide groups is 2. The van der Waals surface area contributed by atoms with Crippen LogP contribution in [0.2, 0.25) is 0 Å². The van der Waals surface area contributed by atoms with Crippen molar-refractivity contribution in [2.24, 2.45) is 10.2 Å². The third kappa shape index (κ3) is 1.80. The van der Waals surface area contributed by atoms with E-state index in [1.807, 2.05) is 0 Å². The Kier molecular flexibility index (Phi) is 2.80. The number of allylic oxidation sites excluding steroid dienone is 2. The molecular weight excluding hydrogens is 236 g/mol. The molecule has 18 heavy (non-hydrogen) atoms. The summed E-state index contributed by atoms with van der Waals surface area (Å²) in [5, 5.41) is 6.51. The number of carbonyl (C=O) groups is 2. The zero-order valence-electron chi connectivity index (χ0n) is 8.81. The molecule has 0 saturated heterocycles. The van der Waals surface area contributed by atoms with E-state index in [1.54, 1.807) is 0 Å². The first kappa shape index (κ1) is 11.4. The molecule has 0 aliphatic heterocycles. The maximum Gasteiger partial charge on any atom is 0.196 e. The molecule has 8 heteroatoms. The van der Waals surface area contributed by atoms with Crippen LogP contribution in [0.3, 0.4) is 0 Å². The molecule has 2 rings (SSSR count). The maximum absolute atomic E-state index is 11.8. The molecule has 0 unspecified atom stereocenters. The van der Waals surface area contributed by atoms with Crippen LogP contribution in [-0.4, -0.2) is 11.6 Å². The standard InChI is InChI=1S/C10H4N6O2/c11-15-13-5-1-2-6-7(3-5)9(17)4-8(10(6)18)14-16-12/h1-4H. The average molecular weight is 240 g/mol. The number of Topliss-reactive ketones (excluding diaryl/α,β-unsaturated/α-hetero) is 1. The van der Waals surface area contributed by atoms with Gasteiger partial charge in [-0.2, -0.15) is 0 Å². The minimum absolute atomic E-state index is 0.127. The highest BCUT2D eigenvalue weighted by Crippen LogP contribution is 2.26. The van der Waals surface area contributed by atoms with Gasteiger partial charge in [-0.05, 0) is 29.3 Å². The van der Waals surface area contributed by atoms with Gasteiger partial charge in [0.1, 0.15) is 0 Å². The Balaban J connectivity index is 2.61. The molecule has 0 aromatic heterocycles. The van der Waals surface area contributed by atoms with Crippen molar-refractivity contribution in [2.75, 3.05) is 0 Å². The van der Waals surface area contributed by atoms with Crippen molar-refractivity contribution < 1.29 is 9.59 Å². The number of benzene rings is 1. The zero-order valence-corrected chi connectivity index (χ0v) is 8.81. The van der Waals surface area contributed by atoms with Gasteiger partial charge in [-0.25, -0.2) is 0 Å². The van der Waals surface area contributed by atoms with Crippen LogP contribution in [0, 0.1) is 0 Å². The Labute approximate surface area is 99.8 Å². The van der Waals surface area contributed by atoms with Gasteiger partial charge >= 0.3 is 0 Å². The Morgan fingerprint density at radius 2 is 1.72 bits per heavy atom. The molecule has 1 aliphatic rings. The summed E-state index contributed by atoms with van der Waals surface area (Å²) in [5.41, 5.74) is 16.8. The van der Waals surface area contributed by atoms with Gasteiger partial charge in [0.05, 0.1) is 5.70 Å². The lowest BCUT2D eigenvalue weighted by Gasteiger charge is -2.12. The molecule has 8 nitrogen and oxygen atoms in total. The van der Waals surface area contributed by atoms with Gasteiger partial charge in [0.15, 0.2) is 11.6 Å². The molecule has 0 amide bonds. The largest absolute Gasteiger partial charge is 0.289 e. The molecule has 86 valence electrons. The summed E-state index contributed by atoms with van der Waals surface area (Å²) in [5.74, 6) is -1.00. The minimum Gasteiger partial charge on any atom is -0.289 e. The lowest BCUT2D eigenvalue weighted by Crippen LogP contribution is -2.15. The predicted molar refractivity (Wildman–Crippen MR) is 61.1 cm³/mol. The van der Waals surface area contributed by atoms with Crippen LogP contribution in [-0.2, 0) is 0 Å². The molecule has 0 saturated carbocycles. The Morgan fingerprint density at radius 3 is 2.39 bits per heavy atom. The van der Waals surface area contributed by atoms with Gasteiger partial charge in [-0.15, -0.1) is 0 Å². The first-order chi connectivity index (χ1) is 8.67. The molecule has 0 atom stereocenters. The van der Waals surface area contributed by atoms with Crippen molar-refractivity contribution >= 4 is 17.3 Å². The highest BCUT2D eigenvalue weighted by Gasteiger charge is 2.24. The Bertz CT molecular complexity index is 692. The van der Waals surface area contributed by atoms with E-state index in [2.05, 4.69) is 20.1 Å². The first-order valence-corrected chi connectivity index (χ1v) is 4.72. The summed E-state index contributed by atoms with van der Waals surface area (Å²) >= 11 is 0. The van der Waals surface area contributed by atoms with Gasteiger partial charge in [0.25, 0.3) is 0 Å². The number of ketones is 2. The molecule has 0 spiro atoms. The van der Waals surface area contributed by atoms with Crippen LogP contribution in [0.1, 0.15) is 20.7 Å². The minimum atomic E-state index is -0.533. The summed E-state index contributed by atoms with van der Waals surface area (Å²) in [4.78, 5) is 28.6. The van der Waals surface area contributed by atoms with Gasteiger partial charge in [0, 0.05) is 26.6 Å². The van der Waals surface area contributed by atoms with Crippen molar-refractivity contribution in [1.29, 1.82) is 0 Å². The summed E-state index contributed by atoms with van der Waals surface area (Å²) in [7, 11) is 0. The summed E-state index contributed by atoms with van der Waals surface area (Å²) in [6.07, 6.45) is 0.963. The molecule has 1 aliphatic carbocycles. The van der Waals surface area contributed by atoms with E-state index in [-0.39, 0.29) is 22.5 Å². The highest BCUT2D eigenvalue weighted by molar-refractivity contribution is 6.24. The van der Waals surface area contributed by atoms with E-state index in [4.69, 9.17) is 11.1 Å². The van der Waals surface area contributed by atoms with Crippen LogP contribution in [0.4, 0.5) is 5.69 Å². The number of rotatable bonds is 2. The molecule has 1 aromatic carbocycles. The molecule has 0 bridgehead atoms. The Morgan fingerprint density at radius 1 is 1.00 bits per heavy atom. The van der Waals surface area contributed by atoms with Gasteiger partial charge in [-0.1, -0.05) is 16.3 Å². The average Bonchev–Trinajstić information content (AvgIpc) is 2.36.